The van der Waals surface area contributed by atoms with Gasteiger partial charge in [0.2, 0.25) is 0 Å². The van der Waals surface area contributed by atoms with Gasteiger partial charge in [-0.05, 0) is 26.2 Å². The summed E-state index contributed by atoms with van der Waals surface area (Å²) in [5.41, 5.74) is 0. The van der Waals surface area contributed by atoms with Gasteiger partial charge in [-0.25, -0.2) is 0 Å². The normalized spacial score (nSPS) is 8.45. The van der Waals surface area contributed by atoms with E-state index in [-0.39, 0.29) is 0 Å². The van der Waals surface area contributed by atoms with E-state index in [1.807, 2.05) is 13.0 Å². The largest absolute Gasteiger partial charge is 0.369 e. The van der Waals surface area contributed by atoms with Gasteiger partial charge < -0.3 is 4.74 Å². The first-order chi connectivity index (χ1) is 5.41. The van der Waals surface area contributed by atoms with Crippen LogP contribution in [0.25, 0.3) is 0 Å². The van der Waals surface area contributed by atoms with Crippen molar-refractivity contribution in [3.05, 3.63) is 12.7 Å². The molecule has 62 valence electrons. The number of hydrogen-bond donors (Lipinski definition) is 0. The third-order valence-electron chi connectivity index (χ3n) is 1.30. The first kappa shape index (κ1) is 10.3. The van der Waals surface area contributed by atoms with Crippen molar-refractivity contribution in [2.24, 2.45) is 0 Å². The van der Waals surface area contributed by atoms with Gasteiger partial charge in [0.1, 0.15) is 6.61 Å². The number of ether oxygens (including phenoxy) is 1. The highest BCUT2D eigenvalue weighted by molar-refractivity contribution is 4.94. The van der Waals surface area contributed by atoms with Crippen LogP contribution in [0.15, 0.2) is 12.7 Å². The summed E-state index contributed by atoms with van der Waals surface area (Å²) in [7, 11) is 0. The molecule has 11 heavy (non-hydrogen) atoms. The van der Waals surface area contributed by atoms with E-state index in [0.717, 1.165) is 19.4 Å². The topological polar surface area (TPSA) is 9.23 Å². The SMILES string of the molecule is C=CCCCCOCC#CC. The molecule has 0 rings (SSSR count). The van der Waals surface area contributed by atoms with E-state index < -0.39 is 0 Å². The van der Waals surface area contributed by atoms with E-state index in [9.17, 15) is 0 Å². The lowest BCUT2D eigenvalue weighted by Crippen LogP contribution is -1.93. The molecule has 0 aliphatic carbocycles. The molecule has 0 saturated heterocycles. The molecule has 0 fully saturated rings. The average Bonchev–Trinajstić information content (AvgIpc) is 2.03. The Kier molecular flexibility index (Phi) is 8.64. The molecule has 0 atom stereocenters. The second-order valence-electron chi connectivity index (χ2n) is 2.26. The van der Waals surface area contributed by atoms with Gasteiger partial charge in [0.25, 0.3) is 0 Å². The van der Waals surface area contributed by atoms with Crippen LogP contribution in [-0.2, 0) is 4.74 Å². The van der Waals surface area contributed by atoms with E-state index in [1.165, 1.54) is 6.42 Å². The standard InChI is InChI=1S/C10H16O/c1-3-5-7-8-10-11-9-6-4-2/h3H,1,5,7-10H2,2H3. The van der Waals surface area contributed by atoms with Crippen LogP contribution < -0.4 is 0 Å². The summed E-state index contributed by atoms with van der Waals surface area (Å²) in [6.45, 7) is 6.86. The highest BCUT2D eigenvalue weighted by atomic mass is 16.5. The van der Waals surface area contributed by atoms with E-state index in [4.69, 9.17) is 4.74 Å². The zero-order valence-electron chi connectivity index (χ0n) is 7.23. The van der Waals surface area contributed by atoms with Crippen LogP contribution in [0.2, 0.25) is 0 Å². The van der Waals surface area contributed by atoms with Crippen LogP contribution in [0.3, 0.4) is 0 Å². The maximum absolute atomic E-state index is 5.21. The fourth-order valence-electron chi connectivity index (χ4n) is 0.688. The van der Waals surface area contributed by atoms with Crippen molar-refractivity contribution in [1.82, 2.24) is 0 Å². The smallest absolute Gasteiger partial charge is 0.107 e. The van der Waals surface area contributed by atoms with Crippen LogP contribution in [0.4, 0.5) is 0 Å². The first-order valence-electron chi connectivity index (χ1n) is 4.00. The molecule has 0 aromatic rings. The third-order valence-corrected chi connectivity index (χ3v) is 1.30. The Balaban J connectivity index is 2.88. The summed E-state index contributed by atoms with van der Waals surface area (Å²) in [4.78, 5) is 0. The number of unbranched alkanes of at least 4 members (excludes halogenated alkanes) is 2. The molecular formula is C10H16O. The van der Waals surface area contributed by atoms with Gasteiger partial charge in [0, 0.05) is 6.61 Å². The highest BCUT2D eigenvalue weighted by Gasteiger charge is 1.84. The van der Waals surface area contributed by atoms with Crippen LogP contribution in [0, 0.1) is 11.8 Å². The van der Waals surface area contributed by atoms with Crippen molar-refractivity contribution in [3.63, 3.8) is 0 Å². The van der Waals surface area contributed by atoms with Gasteiger partial charge in [0.05, 0.1) is 0 Å². The maximum Gasteiger partial charge on any atom is 0.107 e. The Morgan fingerprint density at radius 2 is 2.27 bits per heavy atom. The van der Waals surface area contributed by atoms with Crippen LogP contribution >= 0.6 is 0 Å². The lowest BCUT2D eigenvalue weighted by Gasteiger charge is -1.97. The third kappa shape index (κ3) is 9.26. The summed E-state index contributed by atoms with van der Waals surface area (Å²) >= 11 is 0. The van der Waals surface area contributed by atoms with Crippen LogP contribution in [0.5, 0.6) is 0 Å². The van der Waals surface area contributed by atoms with Crippen molar-refractivity contribution in [2.75, 3.05) is 13.2 Å². The monoisotopic (exact) mass is 152 g/mol. The van der Waals surface area contributed by atoms with Crippen molar-refractivity contribution in [3.8, 4) is 11.8 Å². The van der Waals surface area contributed by atoms with Gasteiger partial charge in [-0.2, -0.15) is 0 Å². The number of rotatable bonds is 6. The number of hydrogen-bond acceptors (Lipinski definition) is 1. The Labute approximate surface area is 69.4 Å². The zero-order chi connectivity index (χ0) is 8.36. The molecule has 0 bridgehead atoms. The maximum atomic E-state index is 5.21. The predicted octanol–water partition coefficient (Wildman–Crippen LogP) is 2.38. The molecule has 0 heterocycles. The Hall–Kier alpha value is -0.740. The first-order valence-corrected chi connectivity index (χ1v) is 4.00. The summed E-state index contributed by atoms with van der Waals surface area (Å²) in [5, 5.41) is 0. The van der Waals surface area contributed by atoms with E-state index in [0.29, 0.717) is 6.61 Å². The summed E-state index contributed by atoms with van der Waals surface area (Å²) in [6.07, 6.45) is 5.30. The quantitative estimate of drug-likeness (QED) is 0.322. The van der Waals surface area contributed by atoms with E-state index in [2.05, 4.69) is 18.4 Å². The number of allylic oxidation sites excluding steroid dienone is 1. The fraction of sp³-hybridized carbons (Fsp3) is 0.600. The van der Waals surface area contributed by atoms with Crippen molar-refractivity contribution in [2.45, 2.75) is 26.2 Å². The van der Waals surface area contributed by atoms with Gasteiger partial charge in [-0.3, -0.25) is 0 Å². The minimum absolute atomic E-state index is 0.574. The van der Waals surface area contributed by atoms with Crippen LogP contribution in [0.1, 0.15) is 26.2 Å². The van der Waals surface area contributed by atoms with E-state index >= 15 is 0 Å². The summed E-state index contributed by atoms with van der Waals surface area (Å²) in [6, 6.07) is 0. The van der Waals surface area contributed by atoms with Gasteiger partial charge in [-0.15, -0.1) is 12.5 Å². The van der Waals surface area contributed by atoms with Gasteiger partial charge in [0.15, 0.2) is 0 Å². The van der Waals surface area contributed by atoms with Crippen LogP contribution in [-0.4, -0.2) is 13.2 Å². The molecule has 0 aromatic carbocycles. The zero-order valence-corrected chi connectivity index (χ0v) is 7.23. The highest BCUT2D eigenvalue weighted by Crippen LogP contribution is 1.95. The fourth-order valence-corrected chi connectivity index (χ4v) is 0.688. The molecule has 0 spiro atoms. The molecule has 0 saturated carbocycles. The van der Waals surface area contributed by atoms with Crippen molar-refractivity contribution < 1.29 is 4.74 Å². The molecular weight excluding hydrogens is 136 g/mol. The molecule has 0 N–H and O–H groups in total. The molecule has 0 radical (unpaired) electrons. The minimum Gasteiger partial charge on any atom is -0.369 e. The second-order valence-corrected chi connectivity index (χ2v) is 2.26. The van der Waals surface area contributed by atoms with Crippen molar-refractivity contribution >= 4 is 0 Å². The molecule has 0 aromatic heterocycles. The Bertz CT molecular complexity index is 139. The molecule has 0 amide bonds. The van der Waals surface area contributed by atoms with Crippen molar-refractivity contribution in [1.29, 1.82) is 0 Å². The molecule has 1 nitrogen and oxygen atoms in total. The minimum atomic E-state index is 0.574. The van der Waals surface area contributed by atoms with E-state index in [1.54, 1.807) is 0 Å². The Morgan fingerprint density at radius 1 is 1.45 bits per heavy atom. The van der Waals surface area contributed by atoms with Gasteiger partial charge >= 0.3 is 0 Å². The van der Waals surface area contributed by atoms with Gasteiger partial charge in [-0.1, -0.05) is 12.0 Å². The average molecular weight is 152 g/mol. The molecule has 0 aliphatic heterocycles. The summed E-state index contributed by atoms with van der Waals surface area (Å²) < 4.78 is 5.21. The lowest BCUT2D eigenvalue weighted by molar-refractivity contribution is 0.162. The lowest BCUT2D eigenvalue weighted by atomic mass is 10.2. The molecule has 0 unspecified atom stereocenters. The molecule has 1 heteroatoms. The second kappa shape index (κ2) is 9.26. The summed E-state index contributed by atoms with van der Waals surface area (Å²) in [5.74, 6) is 5.63. The molecule has 0 aliphatic rings. The Morgan fingerprint density at radius 3 is 2.91 bits per heavy atom. The predicted molar refractivity (Wildman–Crippen MR) is 48.3 cm³/mol.